The monoisotopic (exact) mass is 365 g/mol. The third-order valence-electron chi connectivity index (χ3n) is 3.55. The van der Waals surface area contributed by atoms with Crippen molar-refractivity contribution in [3.63, 3.8) is 0 Å². The molecule has 21 heavy (non-hydrogen) atoms. The molecule has 0 aromatic heterocycles. The van der Waals surface area contributed by atoms with Crippen molar-refractivity contribution in [2.75, 3.05) is 12.8 Å². The van der Waals surface area contributed by atoms with Crippen molar-refractivity contribution in [2.24, 2.45) is 0 Å². The van der Waals surface area contributed by atoms with E-state index in [4.69, 9.17) is 0 Å². The number of nitrogens with one attached hydrogen (secondary N) is 1. The second kappa shape index (κ2) is 7.34. The second-order valence-corrected chi connectivity index (χ2v) is 7.46. The van der Waals surface area contributed by atoms with Crippen LogP contribution >= 0.6 is 15.9 Å². The van der Waals surface area contributed by atoms with Crippen molar-refractivity contribution in [3.8, 4) is 0 Å². The van der Waals surface area contributed by atoms with Crippen LogP contribution in [-0.2, 0) is 10.8 Å². The molecule has 0 saturated carbocycles. The molecule has 4 heteroatoms. The first kappa shape index (κ1) is 16.4. The molecule has 0 heterocycles. The van der Waals surface area contributed by atoms with Crippen molar-refractivity contribution in [1.29, 1.82) is 0 Å². The van der Waals surface area contributed by atoms with E-state index in [9.17, 15) is 4.21 Å². The number of hydrogen-bond donors (Lipinski definition) is 1. The summed E-state index contributed by atoms with van der Waals surface area (Å²) in [5.41, 5.74) is 3.69. The third kappa shape index (κ3) is 4.02. The predicted octanol–water partition coefficient (Wildman–Crippen LogP) is 4.13. The molecule has 2 unspecified atom stereocenters. The van der Waals surface area contributed by atoms with Gasteiger partial charge >= 0.3 is 0 Å². The molecule has 2 rings (SSSR count). The van der Waals surface area contributed by atoms with E-state index >= 15 is 0 Å². The Morgan fingerprint density at radius 2 is 1.90 bits per heavy atom. The van der Waals surface area contributed by atoms with Gasteiger partial charge in [0.1, 0.15) is 0 Å². The summed E-state index contributed by atoms with van der Waals surface area (Å²) in [5, 5.41) is 3.29. The molecular weight excluding hydrogens is 346 g/mol. The molecular formula is C17H20BrNOS. The van der Waals surface area contributed by atoms with Gasteiger partial charge < -0.3 is 5.32 Å². The first-order chi connectivity index (χ1) is 10.0. The minimum Gasteiger partial charge on any atom is -0.312 e. The van der Waals surface area contributed by atoms with E-state index in [0.29, 0.717) is 5.75 Å². The topological polar surface area (TPSA) is 29.1 Å². The molecule has 2 nitrogen and oxygen atoms in total. The number of rotatable bonds is 5. The molecule has 2 aromatic rings. The van der Waals surface area contributed by atoms with Crippen molar-refractivity contribution in [1.82, 2.24) is 5.32 Å². The van der Waals surface area contributed by atoms with Crippen LogP contribution in [0.25, 0.3) is 0 Å². The summed E-state index contributed by atoms with van der Waals surface area (Å²) < 4.78 is 13.5. The number of halogens is 1. The van der Waals surface area contributed by atoms with Gasteiger partial charge in [-0.05, 0) is 60.1 Å². The van der Waals surface area contributed by atoms with Gasteiger partial charge in [0.25, 0.3) is 0 Å². The smallest absolute Gasteiger partial charge is 0.0560 e. The highest BCUT2D eigenvalue weighted by Gasteiger charge is 2.17. The van der Waals surface area contributed by atoms with E-state index in [2.05, 4.69) is 53.3 Å². The third-order valence-corrected chi connectivity index (χ3v) is 5.99. The SMILES string of the molecule is CNC(CS(=O)c1ccccc1Br)c1ccc(C)cc1C. The van der Waals surface area contributed by atoms with Crippen LogP contribution in [0.4, 0.5) is 0 Å². The van der Waals surface area contributed by atoms with Crippen LogP contribution in [0.2, 0.25) is 0 Å². The molecule has 0 aliphatic carbocycles. The minimum absolute atomic E-state index is 0.0820. The molecule has 0 bridgehead atoms. The normalized spacial score (nSPS) is 13.9. The summed E-state index contributed by atoms with van der Waals surface area (Å²) >= 11 is 3.48. The van der Waals surface area contributed by atoms with E-state index in [1.165, 1.54) is 16.7 Å². The molecule has 0 saturated heterocycles. The van der Waals surface area contributed by atoms with Crippen LogP contribution in [0.15, 0.2) is 51.8 Å². The van der Waals surface area contributed by atoms with Gasteiger partial charge in [-0.15, -0.1) is 0 Å². The van der Waals surface area contributed by atoms with Gasteiger partial charge in [-0.3, -0.25) is 4.21 Å². The Morgan fingerprint density at radius 1 is 1.19 bits per heavy atom. The van der Waals surface area contributed by atoms with Crippen LogP contribution in [0.3, 0.4) is 0 Å². The summed E-state index contributed by atoms with van der Waals surface area (Å²) in [7, 11) is 0.869. The maximum absolute atomic E-state index is 12.6. The molecule has 112 valence electrons. The van der Waals surface area contributed by atoms with Gasteiger partial charge in [0.05, 0.1) is 15.7 Å². The highest BCUT2D eigenvalue weighted by molar-refractivity contribution is 9.10. The Kier molecular flexibility index (Phi) is 5.73. The first-order valence-electron chi connectivity index (χ1n) is 6.90. The Labute approximate surface area is 137 Å². The van der Waals surface area contributed by atoms with Crippen molar-refractivity contribution < 1.29 is 4.21 Å². The van der Waals surface area contributed by atoms with Crippen LogP contribution in [0, 0.1) is 13.8 Å². The summed E-state index contributed by atoms with van der Waals surface area (Å²) in [4.78, 5) is 0.850. The van der Waals surface area contributed by atoms with Gasteiger partial charge in [-0.1, -0.05) is 35.9 Å². The quantitative estimate of drug-likeness (QED) is 0.862. The lowest BCUT2D eigenvalue weighted by Crippen LogP contribution is -2.23. The van der Waals surface area contributed by atoms with Gasteiger partial charge in [0.15, 0.2) is 0 Å². The zero-order valence-corrected chi connectivity index (χ0v) is 14.9. The molecule has 0 fully saturated rings. The van der Waals surface area contributed by atoms with Crippen LogP contribution < -0.4 is 5.32 Å². The molecule has 0 radical (unpaired) electrons. The fourth-order valence-corrected chi connectivity index (χ4v) is 4.59. The first-order valence-corrected chi connectivity index (χ1v) is 9.01. The summed E-state index contributed by atoms with van der Waals surface area (Å²) in [6.07, 6.45) is 0. The number of benzene rings is 2. The summed E-state index contributed by atoms with van der Waals surface area (Å²) in [5.74, 6) is 0.559. The molecule has 0 spiro atoms. The Balaban J connectivity index is 2.23. The van der Waals surface area contributed by atoms with E-state index < -0.39 is 10.8 Å². The van der Waals surface area contributed by atoms with E-state index in [0.717, 1.165) is 9.37 Å². The van der Waals surface area contributed by atoms with Crippen molar-refractivity contribution in [2.45, 2.75) is 24.8 Å². The predicted molar refractivity (Wildman–Crippen MR) is 93.1 cm³/mol. The number of aryl methyl sites for hydroxylation is 2. The van der Waals surface area contributed by atoms with E-state index in [1.54, 1.807) is 0 Å². The Hall–Kier alpha value is -0.970. The maximum atomic E-state index is 12.6. The van der Waals surface area contributed by atoms with Gasteiger partial charge in [-0.25, -0.2) is 0 Å². The highest BCUT2D eigenvalue weighted by Crippen LogP contribution is 2.25. The lowest BCUT2D eigenvalue weighted by Gasteiger charge is -2.19. The van der Waals surface area contributed by atoms with Crippen LogP contribution in [-0.4, -0.2) is 17.0 Å². The van der Waals surface area contributed by atoms with Crippen LogP contribution in [0.1, 0.15) is 22.7 Å². The lowest BCUT2D eigenvalue weighted by atomic mass is 10.0. The standard InChI is InChI=1S/C17H20BrNOS/c1-12-8-9-14(13(2)10-12)16(19-3)11-21(20)17-7-5-4-6-15(17)18/h4-10,16,19H,11H2,1-3H3. The van der Waals surface area contributed by atoms with Gasteiger partial charge in [0, 0.05) is 16.3 Å². The molecule has 0 aliphatic heterocycles. The zero-order chi connectivity index (χ0) is 15.4. The average molecular weight is 366 g/mol. The molecule has 2 atom stereocenters. The highest BCUT2D eigenvalue weighted by atomic mass is 79.9. The lowest BCUT2D eigenvalue weighted by molar-refractivity contribution is 0.633. The van der Waals surface area contributed by atoms with Crippen molar-refractivity contribution >= 4 is 26.7 Å². The van der Waals surface area contributed by atoms with Gasteiger partial charge in [-0.2, -0.15) is 0 Å². The van der Waals surface area contributed by atoms with Gasteiger partial charge in [0.2, 0.25) is 0 Å². The molecule has 2 aromatic carbocycles. The molecule has 1 N–H and O–H groups in total. The number of hydrogen-bond acceptors (Lipinski definition) is 2. The van der Waals surface area contributed by atoms with E-state index in [-0.39, 0.29) is 6.04 Å². The largest absolute Gasteiger partial charge is 0.312 e. The fraction of sp³-hybridized carbons (Fsp3) is 0.294. The Morgan fingerprint density at radius 3 is 2.52 bits per heavy atom. The summed E-state index contributed by atoms with van der Waals surface area (Å²) in [6.45, 7) is 4.19. The second-order valence-electron chi connectivity index (χ2n) is 5.14. The molecule has 0 aliphatic rings. The minimum atomic E-state index is -1.05. The fourth-order valence-electron chi connectivity index (χ4n) is 2.42. The van der Waals surface area contributed by atoms with Crippen LogP contribution in [0.5, 0.6) is 0 Å². The average Bonchev–Trinajstić information content (AvgIpc) is 2.45. The molecule has 0 amide bonds. The Bertz CT molecular complexity index is 657. The summed E-state index contributed by atoms with van der Waals surface area (Å²) in [6, 6.07) is 14.2. The van der Waals surface area contributed by atoms with E-state index in [1.807, 2.05) is 31.3 Å². The maximum Gasteiger partial charge on any atom is 0.0560 e. The zero-order valence-electron chi connectivity index (χ0n) is 12.5. The van der Waals surface area contributed by atoms with Crippen molar-refractivity contribution in [3.05, 3.63) is 63.6 Å².